The highest BCUT2D eigenvalue weighted by atomic mass is 35.5. The van der Waals surface area contributed by atoms with E-state index < -0.39 is 0 Å². The first kappa shape index (κ1) is 22.9. The SMILES string of the molecule is CCOC(=O)c1c(-c2ccc(Cl)cc2)c(CN2CCOCC2)n(-c2ccc(Cl)cc2)c1C. The molecule has 2 aromatic carbocycles. The molecule has 0 aliphatic carbocycles. The lowest BCUT2D eigenvalue weighted by atomic mass is 9.99. The van der Waals surface area contributed by atoms with E-state index in [0.29, 0.717) is 42.0 Å². The summed E-state index contributed by atoms with van der Waals surface area (Å²) in [4.78, 5) is 15.5. The van der Waals surface area contributed by atoms with Crippen LogP contribution in [0.1, 0.15) is 28.7 Å². The van der Waals surface area contributed by atoms with Crippen LogP contribution in [0.2, 0.25) is 10.0 Å². The highest BCUT2D eigenvalue weighted by Crippen LogP contribution is 2.37. The Morgan fingerprint density at radius 2 is 1.59 bits per heavy atom. The van der Waals surface area contributed by atoms with E-state index in [-0.39, 0.29) is 5.97 Å². The summed E-state index contributed by atoms with van der Waals surface area (Å²) in [7, 11) is 0. The third-order valence-corrected chi connectivity index (χ3v) is 6.18. The van der Waals surface area contributed by atoms with Crippen molar-refractivity contribution in [3.8, 4) is 16.8 Å². The molecule has 0 bridgehead atoms. The topological polar surface area (TPSA) is 43.7 Å². The van der Waals surface area contributed by atoms with Crippen molar-refractivity contribution >= 4 is 29.2 Å². The predicted molar refractivity (Wildman–Crippen MR) is 128 cm³/mol. The van der Waals surface area contributed by atoms with Gasteiger partial charge in [0.15, 0.2) is 0 Å². The number of carbonyl (C=O) groups is 1. The monoisotopic (exact) mass is 472 g/mol. The minimum absolute atomic E-state index is 0.309. The van der Waals surface area contributed by atoms with Crippen LogP contribution < -0.4 is 0 Å². The molecule has 1 aliphatic rings. The Labute approximate surface area is 198 Å². The summed E-state index contributed by atoms with van der Waals surface area (Å²) in [5, 5.41) is 1.31. The maximum absolute atomic E-state index is 13.2. The van der Waals surface area contributed by atoms with Crippen LogP contribution in [0.25, 0.3) is 16.8 Å². The van der Waals surface area contributed by atoms with Gasteiger partial charge in [0.25, 0.3) is 0 Å². The highest BCUT2D eigenvalue weighted by molar-refractivity contribution is 6.30. The van der Waals surface area contributed by atoms with Crippen LogP contribution in [0, 0.1) is 6.92 Å². The van der Waals surface area contributed by atoms with Gasteiger partial charge in [0, 0.05) is 52.3 Å². The van der Waals surface area contributed by atoms with Crippen molar-refractivity contribution in [2.45, 2.75) is 20.4 Å². The van der Waals surface area contributed by atoms with E-state index in [1.165, 1.54) is 0 Å². The largest absolute Gasteiger partial charge is 0.462 e. The lowest BCUT2D eigenvalue weighted by Crippen LogP contribution is -2.36. The van der Waals surface area contributed by atoms with Crippen LogP contribution in [0.4, 0.5) is 0 Å². The van der Waals surface area contributed by atoms with Crippen molar-refractivity contribution in [1.29, 1.82) is 0 Å². The number of ether oxygens (including phenoxy) is 2. The van der Waals surface area contributed by atoms with Crippen molar-refractivity contribution in [3.63, 3.8) is 0 Å². The molecule has 32 heavy (non-hydrogen) atoms. The van der Waals surface area contributed by atoms with Crippen molar-refractivity contribution in [2.75, 3.05) is 32.9 Å². The van der Waals surface area contributed by atoms with Crippen LogP contribution in [0.5, 0.6) is 0 Å². The Kier molecular flexibility index (Phi) is 7.21. The first-order valence-electron chi connectivity index (χ1n) is 10.7. The molecule has 1 saturated heterocycles. The molecular formula is C25H26Cl2N2O3. The van der Waals surface area contributed by atoms with Crippen molar-refractivity contribution in [3.05, 3.63) is 75.5 Å². The van der Waals surface area contributed by atoms with E-state index in [9.17, 15) is 4.79 Å². The van der Waals surface area contributed by atoms with E-state index in [4.69, 9.17) is 32.7 Å². The molecule has 0 atom stereocenters. The Morgan fingerprint density at radius 3 is 2.19 bits per heavy atom. The van der Waals surface area contributed by atoms with Gasteiger partial charge in [-0.1, -0.05) is 35.3 Å². The van der Waals surface area contributed by atoms with Gasteiger partial charge in [-0.3, -0.25) is 4.90 Å². The van der Waals surface area contributed by atoms with Gasteiger partial charge in [-0.25, -0.2) is 4.79 Å². The maximum Gasteiger partial charge on any atom is 0.340 e. The first-order chi connectivity index (χ1) is 15.5. The van der Waals surface area contributed by atoms with Crippen LogP contribution in [-0.2, 0) is 16.0 Å². The Balaban J connectivity index is 1.96. The van der Waals surface area contributed by atoms with Gasteiger partial charge in [0.2, 0.25) is 0 Å². The second kappa shape index (κ2) is 10.1. The smallest absolute Gasteiger partial charge is 0.340 e. The van der Waals surface area contributed by atoms with Gasteiger partial charge in [-0.05, 0) is 55.8 Å². The van der Waals surface area contributed by atoms with Crippen molar-refractivity contribution in [2.24, 2.45) is 0 Å². The van der Waals surface area contributed by atoms with Crippen LogP contribution in [-0.4, -0.2) is 48.3 Å². The standard InChI is InChI=1S/C25H26Cl2N2O3/c1-3-32-25(30)23-17(2)29(21-10-8-20(27)9-11-21)22(16-28-12-14-31-15-13-28)24(23)18-4-6-19(26)7-5-18/h4-11H,3,12-16H2,1-2H3. The molecule has 0 spiro atoms. The second-order valence-electron chi connectivity index (χ2n) is 7.71. The zero-order valence-corrected chi connectivity index (χ0v) is 19.7. The average Bonchev–Trinajstić information content (AvgIpc) is 3.07. The molecule has 1 aliphatic heterocycles. The summed E-state index contributed by atoms with van der Waals surface area (Å²) >= 11 is 12.3. The molecule has 0 unspecified atom stereocenters. The molecule has 7 heteroatoms. The molecular weight excluding hydrogens is 447 g/mol. The van der Waals surface area contributed by atoms with Crippen LogP contribution in [0.15, 0.2) is 48.5 Å². The molecule has 2 heterocycles. The van der Waals surface area contributed by atoms with Gasteiger partial charge in [0.05, 0.1) is 25.4 Å². The average molecular weight is 473 g/mol. The molecule has 0 N–H and O–H groups in total. The van der Waals surface area contributed by atoms with Gasteiger partial charge < -0.3 is 14.0 Å². The van der Waals surface area contributed by atoms with Crippen molar-refractivity contribution in [1.82, 2.24) is 9.47 Å². The predicted octanol–water partition coefficient (Wildman–Crippen LogP) is 5.77. The Bertz CT molecular complexity index is 1090. The number of nitrogens with zero attached hydrogens (tertiary/aromatic N) is 2. The molecule has 1 aromatic heterocycles. The second-order valence-corrected chi connectivity index (χ2v) is 8.58. The molecule has 0 saturated carbocycles. The summed E-state index contributed by atoms with van der Waals surface area (Å²) in [5.74, 6) is -0.328. The summed E-state index contributed by atoms with van der Waals surface area (Å²) in [6.07, 6.45) is 0. The minimum atomic E-state index is -0.328. The van der Waals surface area contributed by atoms with E-state index in [1.54, 1.807) is 0 Å². The number of halogens is 2. The Hall–Kier alpha value is -2.31. The zero-order chi connectivity index (χ0) is 22.7. The Morgan fingerprint density at radius 1 is 1.00 bits per heavy atom. The van der Waals surface area contributed by atoms with E-state index in [1.807, 2.05) is 62.4 Å². The molecule has 1 fully saturated rings. The first-order valence-corrected chi connectivity index (χ1v) is 11.5. The number of esters is 1. The van der Waals surface area contributed by atoms with Gasteiger partial charge in [-0.2, -0.15) is 0 Å². The number of carbonyl (C=O) groups excluding carboxylic acids is 1. The minimum Gasteiger partial charge on any atom is -0.462 e. The fourth-order valence-electron chi connectivity index (χ4n) is 4.19. The lowest BCUT2D eigenvalue weighted by molar-refractivity contribution is 0.0335. The molecule has 3 aromatic rings. The lowest BCUT2D eigenvalue weighted by Gasteiger charge is -2.28. The zero-order valence-electron chi connectivity index (χ0n) is 18.2. The molecule has 5 nitrogen and oxygen atoms in total. The fraction of sp³-hybridized carbons (Fsp3) is 0.320. The van der Waals surface area contributed by atoms with Gasteiger partial charge >= 0.3 is 5.97 Å². The third kappa shape index (κ3) is 4.71. The number of aromatic nitrogens is 1. The van der Waals surface area contributed by atoms with E-state index >= 15 is 0 Å². The normalized spacial score (nSPS) is 14.5. The quantitative estimate of drug-likeness (QED) is 0.427. The highest BCUT2D eigenvalue weighted by Gasteiger charge is 2.29. The molecule has 0 amide bonds. The number of benzene rings is 2. The summed E-state index contributed by atoms with van der Waals surface area (Å²) < 4.78 is 13.2. The van der Waals surface area contributed by atoms with Crippen molar-refractivity contribution < 1.29 is 14.3 Å². The van der Waals surface area contributed by atoms with Gasteiger partial charge in [0.1, 0.15) is 0 Å². The van der Waals surface area contributed by atoms with E-state index in [0.717, 1.165) is 41.3 Å². The fourth-order valence-corrected chi connectivity index (χ4v) is 4.44. The molecule has 4 rings (SSSR count). The number of rotatable bonds is 6. The maximum atomic E-state index is 13.2. The summed E-state index contributed by atoms with van der Waals surface area (Å²) in [5.41, 5.74) is 5.18. The summed E-state index contributed by atoms with van der Waals surface area (Å²) in [6.45, 7) is 7.82. The van der Waals surface area contributed by atoms with Gasteiger partial charge in [-0.15, -0.1) is 0 Å². The number of morpholine rings is 1. The number of hydrogen-bond acceptors (Lipinski definition) is 4. The van der Waals surface area contributed by atoms with E-state index in [2.05, 4.69) is 9.47 Å². The molecule has 0 radical (unpaired) electrons. The third-order valence-electron chi connectivity index (χ3n) is 5.68. The van der Waals surface area contributed by atoms with Crippen LogP contribution >= 0.6 is 23.2 Å². The van der Waals surface area contributed by atoms with Crippen LogP contribution in [0.3, 0.4) is 0 Å². The summed E-state index contributed by atoms with van der Waals surface area (Å²) in [6, 6.07) is 15.3. The molecule has 168 valence electrons. The number of hydrogen-bond donors (Lipinski definition) is 0.